The molecule has 0 fully saturated rings. The summed E-state index contributed by atoms with van der Waals surface area (Å²) in [7, 11) is -0.804. The van der Waals surface area contributed by atoms with Crippen molar-refractivity contribution in [3.05, 3.63) is 18.1 Å². The number of aromatic nitrogens is 2. The van der Waals surface area contributed by atoms with Gasteiger partial charge in [-0.25, -0.2) is 9.97 Å². The van der Waals surface area contributed by atoms with Crippen LogP contribution in [0.2, 0.25) is 0 Å². The predicted octanol–water partition coefficient (Wildman–Crippen LogP) is 1.78. The van der Waals surface area contributed by atoms with Crippen LogP contribution in [0.4, 0.5) is 5.82 Å². The van der Waals surface area contributed by atoms with E-state index < -0.39 is 10.8 Å². The van der Waals surface area contributed by atoms with Crippen LogP contribution in [0, 0.1) is 0 Å². The van der Waals surface area contributed by atoms with Crippen LogP contribution in [-0.4, -0.2) is 32.2 Å². The molecule has 0 amide bonds. The zero-order valence-electron chi connectivity index (χ0n) is 10.2. The maximum Gasteiger partial charge on any atom is 0.129 e. The van der Waals surface area contributed by atoms with E-state index in [1.54, 1.807) is 12.6 Å². The Morgan fingerprint density at radius 3 is 2.62 bits per heavy atom. The SMILES string of the molecule is CC(C)c1cc(NCC(C)S(C)=O)ncn1. The standard InChI is InChI=1S/C11H19N3OS/c1-8(2)10-5-11(14-7-13-10)12-6-9(3)16(4)15/h5,7-9H,6H2,1-4H3,(H,12,13,14). The highest BCUT2D eigenvalue weighted by atomic mass is 32.2. The summed E-state index contributed by atoms with van der Waals surface area (Å²) in [5, 5.41) is 3.30. The molecule has 5 heteroatoms. The van der Waals surface area contributed by atoms with E-state index in [0.717, 1.165) is 11.5 Å². The zero-order chi connectivity index (χ0) is 12.1. The van der Waals surface area contributed by atoms with Crippen molar-refractivity contribution in [1.29, 1.82) is 0 Å². The van der Waals surface area contributed by atoms with Crippen molar-refractivity contribution < 1.29 is 4.21 Å². The molecule has 16 heavy (non-hydrogen) atoms. The largest absolute Gasteiger partial charge is 0.369 e. The van der Waals surface area contributed by atoms with E-state index in [9.17, 15) is 4.21 Å². The van der Waals surface area contributed by atoms with Crippen LogP contribution >= 0.6 is 0 Å². The van der Waals surface area contributed by atoms with Crippen LogP contribution in [0.3, 0.4) is 0 Å². The lowest BCUT2D eigenvalue weighted by atomic mass is 10.1. The Labute approximate surface area is 99.3 Å². The highest BCUT2D eigenvalue weighted by Crippen LogP contribution is 2.13. The van der Waals surface area contributed by atoms with Crippen LogP contribution in [0.5, 0.6) is 0 Å². The molecular weight excluding hydrogens is 222 g/mol. The number of nitrogens with zero attached hydrogens (tertiary/aromatic N) is 2. The molecule has 0 bridgehead atoms. The summed E-state index contributed by atoms with van der Waals surface area (Å²) in [6, 6.07) is 1.94. The summed E-state index contributed by atoms with van der Waals surface area (Å²) in [6.45, 7) is 6.80. The minimum absolute atomic E-state index is 0.123. The van der Waals surface area contributed by atoms with Crippen LogP contribution in [-0.2, 0) is 10.8 Å². The first-order chi connectivity index (χ1) is 7.50. The van der Waals surface area contributed by atoms with Gasteiger partial charge < -0.3 is 5.32 Å². The van der Waals surface area contributed by atoms with E-state index in [1.807, 2.05) is 13.0 Å². The van der Waals surface area contributed by atoms with Gasteiger partial charge in [0.15, 0.2) is 0 Å². The maximum atomic E-state index is 11.2. The second kappa shape index (κ2) is 5.94. The van der Waals surface area contributed by atoms with Crippen molar-refractivity contribution in [2.24, 2.45) is 0 Å². The van der Waals surface area contributed by atoms with Crippen molar-refractivity contribution in [3.8, 4) is 0 Å². The second-order valence-corrected chi connectivity index (χ2v) is 5.97. The highest BCUT2D eigenvalue weighted by molar-refractivity contribution is 7.84. The van der Waals surface area contributed by atoms with Gasteiger partial charge in [-0.2, -0.15) is 0 Å². The van der Waals surface area contributed by atoms with Crippen LogP contribution in [0.25, 0.3) is 0 Å². The Kier molecular flexibility index (Phi) is 4.86. The molecule has 1 aromatic rings. The molecule has 90 valence electrons. The first kappa shape index (κ1) is 13.1. The van der Waals surface area contributed by atoms with Gasteiger partial charge >= 0.3 is 0 Å². The zero-order valence-corrected chi connectivity index (χ0v) is 11.0. The molecule has 1 N–H and O–H groups in total. The molecule has 0 aliphatic carbocycles. The smallest absolute Gasteiger partial charge is 0.129 e. The molecular formula is C11H19N3OS. The highest BCUT2D eigenvalue weighted by Gasteiger charge is 2.07. The number of anilines is 1. The van der Waals surface area contributed by atoms with Crippen molar-refractivity contribution in [2.45, 2.75) is 31.9 Å². The van der Waals surface area contributed by atoms with Gasteiger partial charge in [0, 0.05) is 40.6 Å². The van der Waals surface area contributed by atoms with E-state index in [1.165, 1.54) is 0 Å². The van der Waals surface area contributed by atoms with E-state index in [4.69, 9.17) is 0 Å². The molecule has 1 aromatic heterocycles. The average molecular weight is 241 g/mol. The number of hydrogen-bond acceptors (Lipinski definition) is 4. The average Bonchev–Trinajstić information content (AvgIpc) is 2.26. The molecule has 0 radical (unpaired) electrons. The molecule has 2 unspecified atom stereocenters. The molecule has 0 aromatic carbocycles. The van der Waals surface area contributed by atoms with E-state index in [-0.39, 0.29) is 5.25 Å². The third-order valence-electron chi connectivity index (χ3n) is 2.42. The molecule has 0 spiro atoms. The first-order valence-corrected chi connectivity index (χ1v) is 7.01. The molecule has 2 atom stereocenters. The maximum absolute atomic E-state index is 11.2. The van der Waals surface area contributed by atoms with Gasteiger partial charge in [0.05, 0.1) is 0 Å². The molecule has 0 aliphatic rings. The third kappa shape index (κ3) is 3.89. The Balaban J connectivity index is 2.60. The monoisotopic (exact) mass is 241 g/mol. The van der Waals surface area contributed by atoms with Gasteiger partial charge in [-0.1, -0.05) is 13.8 Å². The van der Waals surface area contributed by atoms with Crippen molar-refractivity contribution in [1.82, 2.24) is 9.97 Å². The topological polar surface area (TPSA) is 54.9 Å². The van der Waals surface area contributed by atoms with Gasteiger partial charge in [0.2, 0.25) is 0 Å². The fourth-order valence-corrected chi connectivity index (χ4v) is 1.47. The normalized spacial score (nSPS) is 14.8. The Bertz CT molecular complexity index is 368. The van der Waals surface area contributed by atoms with Gasteiger partial charge in [0.1, 0.15) is 12.1 Å². The van der Waals surface area contributed by atoms with E-state index >= 15 is 0 Å². The quantitative estimate of drug-likeness (QED) is 0.853. The summed E-state index contributed by atoms with van der Waals surface area (Å²) in [6.07, 6.45) is 3.27. The fraction of sp³-hybridized carbons (Fsp3) is 0.636. The minimum Gasteiger partial charge on any atom is -0.369 e. The lowest BCUT2D eigenvalue weighted by molar-refractivity contribution is 0.678. The van der Waals surface area contributed by atoms with E-state index in [2.05, 4.69) is 29.1 Å². The fourth-order valence-electron chi connectivity index (χ4n) is 1.15. The number of rotatable bonds is 5. The first-order valence-electron chi connectivity index (χ1n) is 5.38. The third-order valence-corrected chi connectivity index (χ3v) is 3.72. The molecule has 0 saturated carbocycles. The Morgan fingerprint density at radius 2 is 2.06 bits per heavy atom. The number of hydrogen-bond donors (Lipinski definition) is 1. The lowest BCUT2D eigenvalue weighted by Gasteiger charge is -2.11. The summed E-state index contributed by atoms with van der Waals surface area (Å²) in [5.74, 6) is 1.19. The van der Waals surface area contributed by atoms with Gasteiger partial charge in [-0.3, -0.25) is 4.21 Å². The summed E-state index contributed by atoms with van der Waals surface area (Å²) < 4.78 is 11.2. The van der Waals surface area contributed by atoms with Crippen LogP contribution in [0.15, 0.2) is 12.4 Å². The molecule has 1 rings (SSSR count). The lowest BCUT2D eigenvalue weighted by Crippen LogP contribution is -2.21. The predicted molar refractivity (Wildman–Crippen MR) is 68.1 cm³/mol. The summed E-state index contributed by atoms with van der Waals surface area (Å²) in [5.41, 5.74) is 1.02. The van der Waals surface area contributed by atoms with Gasteiger partial charge in [0.25, 0.3) is 0 Å². The van der Waals surface area contributed by atoms with Gasteiger partial charge in [-0.05, 0) is 12.8 Å². The molecule has 4 nitrogen and oxygen atoms in total. The summed E-state index contributed by atoms with van der Waals surface area (Å²) in [4.78, 5) is 8.32. The van der Waals surface area contributed by atoms with Crippen LogP contribution < -0.4 is 5.32 Å². The summed E-state index contributed by atoms with van der Waals surface area (Å²) >= 11 is 0. The number of nitrogens with one attached hydrogen (secondary N) is 1. The van der Waals surface area contributed by atoms with Crippen LogP contribution in [0.1, 0.15) is 32.4 Å². The van der Waals surface area contributed by atoms with E-state index in [0.29, 0.717) is 12.5 Å². The van der Waals surface area contributed by atoms with Crippen molar-refractivity contribution in [3.63, 3.8) is 0 Å². The van der Waals surface area contributed by atoms with Crippen molar-refractivity contribution >= 4 is 16.6 Å². The Morgan fingerprint density at radius 1 is 1.38 bits per heavy atom. The molecule has 0 aliphatic heterocycles. The second-order valence-electron chi connectivity index (χ2n) is 4.17. The minimum atomic E-state index is -0.804. The Hall–Kier alpha value is -0.970. The van der Waals surface area contributed by atoms with Gasteiger partial charge in [-0.15, -0.1) is 0 Å². The van der Waals surface area contributed by atoms with Crippen molar-refractivity contribution in [2.75, 3.05) is 18.1 Å². The molecule has 1 heterocycles. The molecule has 0 saturated heterocycles.